The number of ether oxygens (including phenoxy) is 4. The molecule has 0 aliphatic carbocycles. The van der Waals surface area contributed by atoms with Crippen LogP contribution in [0.4, 0.5) is 0 Å². The number of rotatable bonds is 10. The molecule has 6 nitrogen and oxygen atoms in total. The molecule has 0 N–H and O–H groups in total. The number of carbonyl (C=O) groups is 2. The van der Waals surface area contributed by atoms with Crippen molar-refractivity contribution in [1.82, 2.24) is 0 Å². The summed E-state index contributed by atoms with van der Waals surface area (Å²) in [5.41, 5.74) is 0.0920. The lowest BCUT2D eigenvalue weighted by Crippen LogP contribution is -2.32. The van der Waals surface area contributed by atoms with Crippen LogP contribution in [-0.4, -0.2) is 35.5 Å². The van der Waals surface area contributed by atoms with Gasteiger partial charge in [-0.1, -0.05) is 0 Å². The second-order valence-corrected chi connectivity index (χ2v) is 11.6. The zero-order chi connectivity index (χ0) is 26.6. The highest BCUT2D eigenvalue weighted by atomic mass is 16.5. The average Bonchev–Trinajstić information content (AvgIpc) is 2.68. The Bertz CT molecular complexity index is 1040. The summed E-state index contributed by atoms with van der Waals surface area (Å²) in [5, 5.41) is 0. The summed E-state index contributed by atoms with van der Waals surface area (Å²) in [6.07, 6.45) is 1.95. The highest BCUT2D eigenvalue weighted by molar-refractivity contribution is 5.80. The maximum Gasteiger partial charge on any atom is 0.162 e. The van der Waals surface area contributed by atoms with Gasteiger partial charge in [0.2, 0.25) is 0 Å². The summed E-state index contributed by atoms with van der Waals surface area (Å²) in [7, 11) is 0. The molecule has 0 saturated heterocycles. The number of aldehydes is 2. The molecule has 0 aliphatic rings. The van der Waals surface area contributed by atoms with E-state index in [1.54, 1.807) is 30.3 Å². The molecule has 0 fully saturated rings. The quantitative estimate of drug-likeness (QED) is 0.343. The SMILES string of the molecule is CC(C)Oc1ccc(C=O)cc1OC(C)(C)Cc1cc(C=O)c(OC(C)(C)C)cc1OC(C)(C)C. The van der Waals surface area contributed by atoms with Crippen LogP contribution in [-0.2, 0) is 6.42 Å². The normalized spacial score (nSPS) is 12.3. The van der Waals surface area contributed by atoms with Gasteiger partial charge in [-0.25, -0.2) is 0 Å². The maximum absolute atomic E-state index is 11.9. The van der Waals surface area contributed by atoms with Crippen molar-refractivity contribution >= 4 is 12.6 Å². The molecule has 0 radical (unpaired) electrons. The van der Waals surface area contributed by atoms with Crippen LogP contribution in [0.3, 0.4) is 0 Å². The first-order valence-corrected chi connectivity index (χ1v) is 12.0. The van der Waals surface area contributed by atoms with Gasteiger partial charge in [-0.15, -0.1) is 0 Å². The van der Waals surface area contributed by atoms with Crippen molar-refractivity contribution in [3.8, 4) is 23.0 Å². The molecule has 0 saturated carbocycles. The summed E-state index contributed by atoms with van der Waals surface area (Å²) in [4.78, 5) is 23.3. The van der Waals surface area contributed by atoms with Crippen LogP contribution in [0.1, 0.15) is 95.5 Å². The molecule has 35 heavy (non-hydrogen) atoms. The molecule has 0 amide bonds. The van der Waals surface area contributed by atoms with Crippen molar-refractivity contribution in [2.75, 3.05) is 0 Å². The molecule has 2 aromatic carbocycles. The maximum atomic E-state index is 11.9. The van der Waals surface area contributed by atoms with Gasteiger partial charge in [-0.05, 0) is 99.1 Å². The standard InChI is InChI=1S/C29H40O6/c1-19(2)32-23-12-11-20(17-30)13-26(23)35-29(9,10)16-21-14-22(18-31)25(34-28(6,7)8)15-24(21)33-27(3,4)5/h11-15,17-19H,16H2,1-10H3. The minimum Gasteiger partial charge on any atom is -0.488 e. The lowest BCUT2D eigenvalue weighted by molar-refractivity contribution is 0.0934. The fraction of sp³-hybridized carbons (Fsp3) is 0.517. The van der Waals surface area contributed by atoms with E-state index in [2.05, 4.69) is 0 Å². The molecule has 0 atom stereocenters. The van der Waals surface area contributed by atoms with Crippen LogP contribution in [0.5, 0.6) is 23.0 Å². The molecule has 2 rings (SSSR count). The molecule has 0 bridgehead atoms. The lowest BCUT2D eigenvalue weighted by Gasteiger charge is -2.31. The van der Waals surface area contributed by atoms with Crippen molar-refractivity contribution in [1.29, 1.82) is 0 Å². The van der Waals surface area contributed by atoms with E-state index >= 15 is 0 Å². The molecular formula is C29H40O6. The largest absolute Gasteiger partial charge is 0.488 e. The van der Waals surface area contributed by atoms with E-state index in [4.69, 9.17) is 18.9 Å². The third-order valence-electron chi connectivity index (χ3n) is 4.62. The second-order valence-electron chi connectivity index (χ2n) is 11.6. The molecule has 0 spiro atoms. The van der Waals surface area contributed by atoms with E-state index in [1.807, 2.05) is 69.2 Å². The van der Waals surface area contributed by atoms with E-state index in [-0.39, 0.29) is 6.10 Å². The first-order valence-electron chi connectivity index (χ1n) is 12.0. The van der Waals surface area contributed by atoms with Gasteiger partial charge in [0.1, 0.15) is 34.6 Å². The minimum atomic E-state index is -0.723. The number of benzene rings is 2. The average molecular weight is 485 g/mol. The fourth-order valence-electron chi connectivity index (χ4n) is 3.52. The lowest BCUT2D eigenvalue weighted by atomic mass is 9.95. The van der Waals surface area contributed by atoms with E-state index in [0.29, 0.717) is 40.5 Å². The Morgan fingerprint density at radius 1 is 0.714 bits per heavy atom. The van der Waals surface area contributed by atoms with Crippen LogP contribution in [0.15, 0.2) is 30.3 Å². The van der Waals surface area contributed by atoms with Crippen molar-refractivity contribution < 1.29 is 28.5 Å². The Hall–Kier alpha value is -3.02. The zero-order valence-electron chi connectivity index (χ0n) is 22.8. The van der Waals surface area contributed by atoms with Gasteiger partial charge in [0.25, 0.3) is 0 Å². The summed E-state index contributed by atoms with van der Waals surface area (Å²) < 4.78 is 24.6. The molecule has 0 aromatic heterocycles. The van der Waals surface area contributed by atoms with Gasteiger partial charge in [0.15, 0.2) is 17.8 Å². The number of hydrogen-bond donors (Lipinski definition) is 0. The highest BCUT2D eigenvalue weighted by Crippen LogP contribution is 2.37. The molecule has 0 aliphatic heterocycles. The van der Waals surface area contributed by atoms with Gasteiger partial charge < -0.3 is 18.9 Å². The first-order chi connectivity index (χ1) is 16.0. The number of hydrogen-bond acceptors (Lipinski definition) is 6. The van der Waals surface area contributed by atoms with E-state index in [9.17, 15) is 9.59 Å². The molecule has 0 unspecified atom stereocenters. The Balaban J connectivity index is 2.50. The van der Waals surface area contributed by atoms with Crippen molar-refractivity contribution in [2.45, 2.75) is 98.6 Å². The van der Waals surface area contributed by atoms with Gasteiger partial charge in [0.05, 0.1) is 11.7 Å². The van der Waals surface area contributed by atoms with Gasteiger partial charge in [0, 0.05) is 18.1 Å². The number of carbonyl (C=O) groups excluding carboxylic acids is 2. The van der Waals surface area contributed by atoms with E-state index < -0.39 is 16.8 Å². The van der Waals surface area contributed by atoms with Crippen LogP contribution < -0.4 is 18.9 Å². The van der Waals surface area contributed by atoms with Gasteiger partial charge in [-0.3, -0.25) is 9.59 Å². The van der Waals surface area contributed by atoms with Gasteiger partial charge in [-0.2, -0.15) is 0 Å². The molecule has 6 heteroatoms. The predicted molar refractivity (Wildman–Crippen MR) is 139 cm³/mol. The van der Waals surface area contributed by atoms with E-state index in [1.165, 1.54) is 0 Å². The Morgan fingerprint density at radius 2 is 1.31 bits per heavy atom. The molecular weight excluding hydrogens is 444 g/mol. The summed E-state index contributed by atoms with van der Waals surface area (Å²) in [6.45, 7) is 19.5. The van der Waals surface area contributed by atoms with Crippen molar-refractivity contribution in [3.05, 3.63) is 47.0 Å². The van der Waals surface area contributed by atoms with Gasteiger partial charge >= 0.3 is 0 Å². The van der Waals surface area contributed by atoms with E-state index in [0.717, 1.165) is 18.1 Å². The summed E-state index contributed by atoms with van der Waals surface area (Å²) in [5.74, 6) is 2.14. The summed E-state index contributed by atoms with van der Waals surface area (Å²) >= 11 is 0. The highest BCUT2D eigenvalue weighted by Gasteiger charge is 2.28. The smallest absolute Gasteiger partial charge is 0.162 e. The minimum absolute atomic E-state index is 0.0557. The molecule has 192 valence electrons. The Morgan fingerprint density at radius 3 is 1.83 bits per heavy atom. The first kappa shape index (κ1) is 28.2. The van der Waals surface area contributed by atoms with Crippen molar-refractivity contribution in [2.24, 2.45) is 0 Å². The topological polar surface area (TPSA) is 71.1 Å². The fourth-order valence-corrected chi connectivity index (χ4v) is 3.52. The third kappa shape index (κ3) is 8.93. The van der Waals surface area contributed by atoms with Crippen LogP contribution in [0, 0.1) is 0 Å². The zero-order valence-corrected chi connectivity index (χ0v) is 22.8. The van der Waals surface area contributed by atoms with Crippen LogP contribution in [0.2, 0.25) is 0 Å². The van der Waals surface area contributed by atoms with Crippen LogP contribution >= 0.6 is 0 Å². The summed E-state index contributed by atoms with van der Waals surface area (Å²) in [6, 6.07) is 8.70. The van der Waals surface area contributed by atoms with Crippen LogP contribution in [0.25, 0.3) is 0 Å². The Labute approximate surface area is 209 Å². The molecule has 0 heterocycles. The van der Waals surface area contributed by atoms with Crippen molar-refractivity contribution in [3.63, 3.8) is 0 Å². The third-order valence-corrected chi connectivity index (χ3v) is 4.62. The molecule has 2 aromatic rings. The monoisotopic (exact) mass is 484 g/mol. The second kappa shape index (κ2) is 10.7. The Kier molecular flexibility index (Phi) is 8.64. The predicted octanol–water partition coefficient (Wildman–Crippen LogP) is 6.85.